The summed E-state index contributed by atoms with van der Waals surface area (Å²) in [5.41, 5.74) is 1.28. The number of hydrogen-bond donors (Lipinski definition) is 1. The summed E-state index contributed by atoms with van der Waals surface area (Å²) in [7, 11) is 1.65. The zero-order valence-electron chi connectivity index (χ0n) is 20.7. The van der Waals surface area contributed by atoms with Gasteiger partial charge in [0.15, 0.2) is 11.4 Å². The van der Waals surface area contributed by atoms with Crippen LogP contribution in [0, 0.1) is 5.92 Å². The van der Waals surface area contributed by atoms with E-state index in [0.29, 0.717) is 23.1 Å². The summed E-state index contributed by atoms with van der Waals surface area (Å²) in [6.45, 7) is 1.80. The lowest BCUT2D eigenvalue weighted by molar-refractivity contribution is -0.0494. The molecule has 0 unspecified atom stereocenters. The fourth-order valence-corrected chi connectivity index (χ4v) is 3.92. The molecule has 1 aromatic carbocycles. The summed E-state index contributed by atoms with van der Waals surface area (Å²) in [6, 6.07) is 6.08. The number of hydrogen-bond acceptors (Lipinski definition) is 7. The average Bonchev–Trinajstić information content (AvgIpc) is 3.58. The second kappa shape index (κ2) is 10.3. The highest BCUT2D eigenvalue weighted by Gasteiger charge is 2.22. The molecule has 0 spiro atoms. The first-order valence-electron chi connectivity index (χ1n) is 11.7. The third-order valence-corrected chi connectivity index (χ3v) is 5.42. The Morgan fingerprint density at radius 3 is 2.76 bits per heavy atom. The minimum Gasteiger partial charge on any atom is -0.454 e. The van der Waals surface area contributed by atoms with Crippen molar-refractivity contribution >= 4 is 17.2 Å². The molecule has 0 aliphatic carbocycles. The van der Waals surface area contributed by atoms with E-state index in [0.717, 1.165) is 6.54 Å². The third-order valence-electron chi connectivity index (χ3n) is 5.42. The summed E-state index contributed by atoms with van der Waals surface area (Å²) >= 11 is 0. The maximum absolute atomic E-state index is 13.2. The average molecular weight is 523 g/mol. The molecular weight excluding hydrogens is 498 g/mol. The number of aryl methyl sites for hydroxylation is 1. The van der Waals surface area contributed by atoms with E-state index in [1.54, 1.807) is 48.8 Å². The molecule has 196 valence electrons. The lowest BCUT2D eigenvalue weighted by atomic mass is 10.1. The molecule has 38 heavy (non-hydrogen) atoms. The van der Waals surface area contributed by atoms with Gasteiger partial charge in [-0.15, -0.1) is 0 Å². The van der Waals surface area contributed by atoms with Crippen LogP contribution in [0.4, 0.5) is 14.5 Å². The van der Waals surface area contributed by atoms with Crippen LogP contribution in [-0.4, -0.2) is 46.7 Å². The van der Waals surface area contributed by atoms with Crippen molar-refractivity contribution in [3.05, 3.63) is 67.0 Å². The van der Waals surface area contributed by atoms with Crippen LogP contribution in [0.15, 0.2) is 61.4 Å². The minimum absolute atomic E-state index is 0.130. The Morgan fingerprint density at radius 1 is 1.13 bits per heavy atom. The molecular formula is C25H24F2N8O3. The number of aromatic nitrogens is 7. The molecule has 0 bridgehead atoms. The second-order valence-electron chi connectivity index (χ2n) is 8.90. The van der Waals surface area contributed by atoms with E-state index in [9.17, 15) is 13.6 Å². The molecule has 0 aliphatic rings. The van der Waals surface area contributed by atoms with E-state index in [1.165, 1.54) is 33.6 Å². The van der Waals surface area contributed by atoms with E-state index in [2.05, 4.69) is 39.4 Å². The Hall–Kier alpha value is -4.81. The number of ether oxygens (including phenoxy) is 2. The van der Waals surface area contributed by atoms with Gasteiger partial charge in [0, 0.05) is 32.2 Å². The maximum Gasteiger partial charge on any atom is 0.387 e. The summed E-state index contributed by atoms with van der Waals surface area (Å²) in [6.07, 6.45) is 9.49. The van der Waals surface area contributed by atoms with E-state index in [-0.39, 0.29) is 28.3 Å². The lowest BCUT2D eigenvalue weighted by Gasteiger charge is -2.13. The maximum atomic E-state index is 13.2. The van der Waals surface area contributed by atoms with Crippen molar-refractivity contribution in [1.82, 2.24) is 34.2 Å². The number of anilines is 1. The Bertz CT molecular complexity index is 1590. The predicted octanol–water partition coefficient (Wildman–Crippen LogP) is 4.63. The molecule has 0 atom stereocenters. The smallest absolute Gasteiger partial charge is 0.387 e. The molecule has 5 aromatic rings. The van der Waals surface area contributed by atoms with Crippen LogP contribution >= 0.6 is 0 Å². The molecule has 0 saturated carbocycles. The van der Waals surface area contributed by atoms with Gasteiger partial charge < -0.3 is 14.8 Å². The summed E-state index contributed by atoms with van der Waals surface area (Å²) in [5, 5.41) is 15.6. The third kappa shape index (κ3) is 5.31. The molecule has 1 amide bonds. The first-order chi connectivity index (χ1) is 18.3. The normalized spacial score (nSPS) is 11.4. The van der Waals surface area contributed by atoms with Crippen molar-refractivity contribution in [2.75, 3.05) is 5.32 Å². The Labute approximate surface area is 215 Å². The van der Waals surface area contributed by atoms with Crippen LogP contribution in [0.1, 0.15) is 24.2 Å². The van der Waals surface area contributed by atoms with E-state index in [4.69, 9.17) is 9.47 Å². The minimum atomic E-state index is -3.07. The largest absolute Gasteiger partial charge is 0.454 e. The highest BCUT2D eigenvalue weighted by Crippen LogP contribution is 2.38. The molecule has 4 aromatic heterocycles. The van der Waals surface area contributed by atoms with Crippen molar-refractivity contribution in [1.29, 1.82) is 0 Å². The topological polar surface area (TPSA) is 113 Å². The quantitative estimate of drug-likeness (QED) is 0.300. The number of halogens is 2. The van der Waals surface area contributed by atoms with Crippen LogP contribution in [0.25, 0.3) is 16.9 Å². The molecule has 0 aliphatic heterocycles. The van der Waals surface area contributed by atoms with Crippen LogP contribution in [-0.2, 0) is 13.6 Å². The number of amides is 1. The van der Waals surface area contributed by atoms with E-state index < -0.39 is 12.5 Å². The van der Waals surface area contributed by atoms with Gasteiger partial charge in [-0.05, 0) is 30.2 Å². The molecule has 0 fully saturated rings. The van der Waals surface area contributed by atoms with Crippen LogP contribution in [0.5, 0.6) is 17.2 Å². The fraction of sp³-hybridized carbons (Fsp3) is 0.240. The van der Waals surface area contributed by atoms with Crippen molar-refractivity contribution in [3.63, 3.8) is 0 Å². The predicted molar refractivity (Wildman–Crippen MR) is 133 cm³/mol. The Morgan fingerprint density at radius 2 is 1.97 bits per heavy atom. The number of nitrogens with zero attached hydrogens (tertiary/aromatic N) is 7. The molecule has 4 heterocycles. The Balaban J connectivity index is 1.48. The molecule has 5 rings (SSSR count). The van der Waals surface area contributed by atoms with Gasteiger partial charge in [-0.1, -0.05) is 13.8 Å². The van der Waals surface area contributed by atoms with Gasteiger partial charge in [0.1, 0.15) is 22.8 Å². The van der Waals surface area contributed by atoms with Crippen LogP contribution in [0.3, 0.4) is 0 Å². The zero-order chi connectivity index (χ0) is 26.8. The summed E-state index contributed by atoms with van der Waals surface area (Å²) in [5.74, 6) is 0.605. The van der Waals surface area contributed by atoms with Crippen molar-refractivity contribution < 1.29 is 23.0 Å². The Kier molecular flexibility index (Phi) is 6.73. The van der Waals surface area contributed by atoms with Gasteiger partial charge in [-0.3, -0.25) is 14.2 Å². The number of carbonyl (C=O) groups excluding carboxylic acids is 1. The lowest BCUT2D eigenvalue weighted by Crippen LogP contribution is -2.12. The van der Waals surface area contributed by atoms with Gasteiger partial charge in [-0.25, -0.2) is 9.50 Å². The number of nitrogens with one attached hydrogen (secondary N) is 1. The summed E-state index contributed by atoms with van der Waals surface area (Å²) in [4.78, 5) is 17.3. The van der Waals surface area contributed by atoms with Crippen molar-refractivity contribution in [3.8, 4) is 28.5 Å². The number of fused-ring (bicyclic) bond motifs is 1. The first kappa shape index (κ1) is 24.9. The molecule has 13 heteroatoms. The van der Waals surface area contributed by atoms with Crippen LogP contribution in [0.2, 0.25) is 0 Å². The highest BCUT2D eigenvalue weighted by atomic mass is 19.3. The van der Waals surface area contributed by atoms with Gasteiger partial charge in [-0.2, -0.15) is 24.1 Å². The van der Waals surface area contributed by atoms with Crippen LogP contribution < -0.4 is 14.8 Å². The van der Waals surface area contributed by atoms with Crippen molar-refractivity contribution in [2.45, 2.75) is 27.0 Å². The second-order valence-corrected chi connectivity index (χ2v) is 8.90. The number of rotatable bonds is 9. The fourth-order valence-electron chi connectivity index (χ4n) is 3.92. The number of carbonyl (C=O) groups is 1. The summed E-state index contributed by atoms with van der Waals surface area (Å²) < 4.78 is 41.9. The van der Waals surface area contributed by atoms with E-state index in [1.807, 2.05) is 0 Å². The van der Waals surface area contributed by atoms with E-state index >= 15 is 0 Å². The molecule has 11 nitrogen and oxygen atoms in total. The number of benzene rings is 1. The monoisotopic (exact) mass is 522 g/mol. The zero-order valence-corrected chi connectivity index (χ0v) is 20.7. The first-order valence-corrected chi connectivity index (χ1v) is 11.7. The van der Waals surface area contributed by atoms with Gasteiger partial charge in [0.25, 0.3) is 5.91 Å². The number of alkyl halides is 2. The molecule has 0 saturated heterocycles. The van der Waals surface area contributed by atoms with Gasteiger partial charge >= 0.3 is 6.61 Å². The standard InChI is InChI=1S/C25H24F2N8O3/c1-15(2)12-34-13-17(10-29-34)37-16-5-6-21(38-25(26)27)18(9-16)22-20(14-33(3)32-22)31-24(36)19-11-30-35-8-4-7-28-23(19)35/h4-11,13-15,25H,12H2,1-3H3,(H,31,36). The van der Waals surface area contributed by atoms with Crippen molar-refractivity contribution in [2.24, 2.45) is 13.0 Å². The highest BCUT2D eigenvalue weighted by molar-refractivity contribution is 6.09. The molecule has 1 N–H and O–H groups in total. The van der Waals surface area contributed by atoms with Gasteiger partial charge in [0.2, 0.25) is 0 Å². The molecule has 0 radical (unpaired) electrons. The SMILES string of the molecule is CC(C)Cn1cc(Oc2ccc(OC(F)F)c(-c3nn(C)cc3NC(=O)c3cnn4cccnc34)c2)cn1. The van der Waals surface area contributed by atoms with Gasteiger partial charge in [0.05, 0.1) is 29.8 Å².